The monoisotopic (exact) mass is 361 g/mol. The molecule has 0 aliphatic rings. The lowest BCUT2D eigenvalue weighted by Crippen LogP contribution is -2.32. The number of carboxylic acid groups (broad SMARTS) is 1. The normalized spacial score (nSPS) is 11.6. The number of halogens is 1. The van der Waals surface area contributed by atoms with Crippen molar-refractivity contribution in [3.05, 3.63) is 40.4 Å². The van der Waals surface area contributed by atoms with Gasteiger partial charge < -0.3 is 5.11 Å². The number of carboxylic acids is 1. The lowest BCUT2D eigenvalue weighted by atomic mass is 10.2. The van der Waals surface area contributed by atoms with Gasteiger partial charge in [0.15, 0.2) is 0 Å². The van der Waals surface area contributed by atoms with Crippen molar-refractivity contribution >= 4 is 31.9 Å². The van der Waals surface area contributed by atoms with Crippen molar-refractivity contribution in [1.82, 2.24) is 4.31 Å². The van der Waals surface area contributed by atoms with Crippen LogP contribution in [0.3, 0.4) is 0 Å². The predicted molar refractivity (Wildman–Crippen MR) is 80.3 cm³/mol. The number of carbonyl (C=O) groups is 1. The SMILES string of the molecule is C=C(C)CN(CC)S(=O)(=O)c1cc(C(=O)O)ccc1Br. The molecule has 0 bridgehead atoms. The molecule has 1 rings (SSSR count). The van der Waals surface area contributed by atoms with E-state index in [0.717, 1.165) is 6.07 Å². The van der Waals surface area contributed by atoms with Crippen molar-refractivity contribution < 1.29 is 18.3 Å². The Balaban J connectivity index is 3.36. The van der Waals surface area contributed by atoms with Gasteiger partial charge in [0.1, 0.15) is 0 Å². The smallest absolute Gasteiger partial charge is 0.335 e. The van der Waals surface area contributed by atoms with Gasteiger partial charge in [-0.1, -0.05) is 19.1 Å². The van der Waals surface area contributed by atoms with Crippen molar-refractivity contribution in [3.63, 3.8) is 0 Å². The molecule has 0 aliphatic heterocycles. The molecule has 0 saturated carbocycles. The van der Waals surface area contributed by atoms with Crippen molar-refractivity contribution in [2.75, 3.05) is 13.1 Å². The first kappa shape index (κ1) is 16.9. The highest BCUT2D eigenvalue weighted by molar-refractivity contribution is 9.10. The van der Waals surface area contributed by atoms with Gasteiger partial charge in [0.2, 0.25) is 10.0 Å². The fourth-order valence-corrected chi connectivity index (χ4v) is 4.10. The summed E-state index contributed by atoms with van der Waals surface area (Å²) >= 11 is 3.16. The van der Waals surface area contributed by atoms with Crippen LogP contribution in [0.25, 0.3) is 0 Å². The van der Waals surface area contributed by atoms with Crippen LogP contribution in [0.4, 0.5) is 0 Å². The predicted octanol–water partition coefficient (Wildman–Crippen LogP) is 2.73. The van der Waals surface area contributed by atoms with Crippen LogP contribution >= 0.6 is 15.9 Å². The number of hydrogen-bond acceptors (Lipinski definition) is 3. The van der Waals surface area contributed by atoms with Crippen molar-refractivity contribution in [1.29, 1.82) is 0 Å². The number of aromatic carboxylic acids is 1. The highest BCUT2D eigenvalue weighted by Gasteiger charge is 2.26. The Morgan fingerprint density at radius 1 is 1.45 bits per heavy atom. The van der Waals surface area contributed by atoms with E-state index in [9.17, 15) is 13.2 Å². The van der Waals surface area contributed by atoms with E-state index in [4.69, 9.17) is 5.11 Å². The molecule has 1 aromatic carbocycles. The van der Waals surface area contributed by atoms with Crippen LogP contribution in [0.1, 0.15) is 24.2 Å². The lowest BCUT2D eigenvalue weighted by molar-refractivity contribution is 0.0696. The molecule has 0 fully saturated rings. The molecular formula is C13H16BrNO4S. The van der Waals surface area contributed by atoms with Crippen LogP contribution in [0, 0.1) is 0 Å². The molecule has 0 aromatic heterocycles. The summed E-state index contributed by atoms with van der Waals surface area (Å²) < 4.78 is 26.7. The molecule has 0 atom stereocenters. The van der Waals surface area contributed by atoms with E-state index >= 15 is 0 Å². The van der Waals surface area contributed by atoms with Crippen LogP contribution in [-0.2, 0) is 10.0 Å². The van der Waals surface area contributed by atoms with E-state index in [1.165, 1.54) is 16.4 Å². The van der Waals surface area contributed by atoms with Crippen LogP contribution in [-0.4, -0.2) is 36.9 Å². The van der Waals surface area contributed by atoms with Crippen LogP contribution < -0.4 is 0 Å². The maximum atomic E-state index is 12.6. The largest absolute Gasteiger partial charge is 0.478 e. The number of benzene rings is 1. The molecular weight excluding hydrogens is 346 g/mol. The number of rotatable bonds is 6. The lowest BCUT2D eigenvalue weighted by Gasteiger charge is -2.21. The number of nitrogens with zero attached hydrogens (tertiary/aromatic N) is 1. The zero-order valence-electron chi connectivity index (χ0n) is 11.3. The van der Waals surface area contributed by atoms with Gasteiger partial charge in [-0.3, -0.25) is 0 Å². The minimum absolute atomic E-state index is 0.0551. The average molecular weight is 362 g/mol. The maximum Gasteiger partial charge on any atom is 0.335 e. The van der Waals surface area contributed by atoms with Gasteiger partial charge in [0.05, 0.1) is 10.5 Å². The fraction of sp³-hybridized carbons (Fsp3) is 0.308. The molecule has 5 nitrogen and oxygen atoms in total. The van der Waals surface area contributed by atoms with Crippen LogP contribution in [0.2, 0.25) is 0 Å². The zero-order chi connectivity index (χ0) is 15.5. The van der Waals surface area contributed by atoms with E-state index < -0.39 is 16.0 Å². The first-order valence-corrected chi connectivity index (χ1v) is 8.10. The molecule has 20 heavy (non-hydrogen) atoms. The molecule has 1 aromatic rings. The Kier molecular flexibility index (Phi) is 5.50. The molecule has 7 heteroatoms. The third-order valence-corrected chi connectivity index (χ3v) is 5.51. The number of sulfonamides is 1. The second kappa shape index (κ2) is 6.51. The Hall–Kier alpha value is -1.18. The maximum absolute atomic E-state index is 12.6. The van der Waals surface area contributed by atoms with Gasteiger partial charge in [0.25, 0.3) is 0 Å². The topological polar surface area (TPSA) is 74.7 Å². The van der Waals surface area contributed by atoms with Crippen LogP contribution in [0.5, 0.6) is 0 Å². The number of likely N-dealkylation sites (N-methyl/N-ethyl adjacent to an activating group) is 1. The molecule has 0 amide bonds. The quantitative estimate of drug-likeness (QED) is 0.790. The standard InChI is InChI=1S/C13H16BrNO4S/c1-4-15(8-9(2)3)20(18,19)12-7-10(13(16)17)5-6-11(12)14/h5-7H,2,4,8H2,1,3H3,(H,16,17). The third kappa shape index (κ3) is 3.68. The molecule has 0 radical (unpaired) electrons. The molecule has 0 saturated heterocycles. The van der Waals surface area contributed by atoms with Crippen molar-refractivity contribution in [2.24, 2.45) is 0 Å². The summed E-state index contributed by atoms with van der Waals surface area (Å²) in [5, 5.41) is 8.97. The van der Waals surface area contributed by atoms with Crippen LogP contribution in [0.15, 0.2) is 39.7 Å². The zero-order valence-corrected chi connectivity index (χ0v) is 13.7. The van der Waals surface area contributed by atoms with Gasteiger partial charge >= 0.3 is 5.97 Å². The van der Waals surface area contributed by atoms with Gasteiger partial charge in [-0.25, -0.2) is 13.2 Å². The molecule has 0 heterocycles. The second-order valence-electron chi connectivity index (χ2n) is 4.34. The summed E-state index contributed by atoms with van der Waals surface area (Å²) in [6.07, 6.45) is 0. The summed E-state index contributed by atoms with van der Waals surface area (Å²) in [5.41, 5.74) is 0.638. The summed E-state index contributed by atoms with van der Waals surface area (Å²) in [5.74, 6) is -1.17. The highest BCUT2D eigenvalue weighted by Crippen LogP contribution is 2.26. The van der Waals surface area contributed by atoms with Crippen molar-refractivity contribution in [2.45, 2.75) is 18.7 Å². The van der Waals surface area contributed by atoms with E-state index in [0.29, 0.717) is 10.0 Å². The minimum Gasteiger partial charge on any atom is -0.478 e. The average Bonchev–Trinajstić information content (AvgIpc) is 2.35. The molecule has 0 unspecified atom stereocenters. The summed E-state index contributed by atoms with van der Waals surface area (Å²) in [4.78, 5) is 10.9. The second-order valence-corrected chi connectivity index (χ2v) is 7.10. The fourth-order valence-electron chi connectivity index (χ4n) is 1.64. The van der Waals surface area contributed by atoms with Crippen molar-refractivity contribution in [3.8, 4) is 0 Å². The van der Waals surface area contributed by atoms with E-state index in [1.54, 1.807) is 13.8 Å². The Morgan fingerprint density at radius 2 is 2.05 bits per heavy atom. The molecule has 0 spiro atoms. The first-order valence-electron chi connectivity index (χ1n) is 5.87. The summed E-state index contributed by atoms with van der Waals surface area (Å²) in [6.45, 7) is 7.63. The van der Waals surface area contributed by atoms with E-state index in [1.807, 2.05) is 0 Å². The first-order chi connectivity index (χ1) is 9.20. The minimum atomic E-state index is -3.77. The van der Waals surface area contributed by atoms with Gasteiger partial charge in [0, 0.05) is 17.6 Å². The highest BCUT2D eigenvalue weighted by atomic mass is 79.9. The Morgan fingerprint density at radius 3 is 2.50 bits per heavy atom. The van der Waals surface area contributed by atoms with E-state index in [2.05, 4.69) is 22.5 Å². The molecule has 110 valence electrons. The van der Waals surface area contributed by atoms with Gasteiger partial charge in [-0.05, 0) is 41.1 Å². The van der Waals surface area contributed by atoms with Gasteiger partial charge in [-0.2, -0.15) is 4.31 Å². The summed E-state index contributed by atoms with van der Waals surface area (Å²) in [6, 6.07) is 3.92. The number of hydrogen-bond donors (Lipinski definition) is 1. The summed E-state index contributed by atoms with van der Waals surface area (Å²) in [7, 11) is -3.77. The molecule has 0 aliphatic carbocycles. The van der Waals surface area contributed by atoms with E-state index in [-0.39, 0.29) is 23.5 Å². The van der Waals surface area contributed by atoms with Gasteiger partial charge in [-0.15, -0.1) is 0 Å². The Bertz CT molecular complexity index is 640. The Labute approximate surface area is 127 Å². The molecule has 1 N–H and O–H groups in total. The third-order valence-electron chi connectivity index (χ3n) is 2.59.